The first-order valence-electron chi connectivity index (χ1n) is 5.80. The average molecular weight is 235 g/mol. The molecule has 94 valence electrons. The summed E-state index contributed by atoms with van der Waals surface area (Å²) in [6, 6.07) is 3.83. The van der Waals surface area contributed by atoms with Gasteiger partial charge in [0.25, 0.3) is 0 Å². The number of carbonyl (C=O) groups excluding carboxylic acids is 1. The van der Waals surface area contributed by atoms with Gasteiger partial charge in [-0.1, -0.05) is 0 Å². The van der Waals surface area contributed by atoms with Crippen molar-refractivity contribution in [2.75, 3.05) is 7.05 Å². The first-order valence-corrected chi connectivity index (χ1v) is 5.80. The maximum absolute atomic E-state index is 11.8. The largest absolute Gasteiger partial charge is 0.341 e. The molecule has 0 radical (unpaired) electrons. The summed E-state index contributed by atoms with van der Waals surface area (Å²) < 4.78 is 0. The van der Waals surface area contributed by atoms with Crippen molar-refractivity contribution in [1.29, 1.82) is 0 Å². The van der Waals surface area contributed by atoms with Gasteiger partial charge in [-0.3, -0.25) is 9.78 Å². The predicted octanol–water partition coefficient (Wildman–Crippen LogP) is 1.56. The summed E-state index contributed by atoms with van der Waals surface area (Å²) in [6.45, 7) is 4.48. The van der Waals surface area contributed by atoms with Crippen molar-refractivity contribution < 1.29 is 4.79 Å². The molecule has 0 bridgehead atoms. The lowest BCUT2D eigenvalue weighted by Gasteiger charge is -2.21. The Morgan fingerprint density at radius 1 is 1.41 bits per heavy atom. The van der Waals surface area contributed by atoms with E-state index in [-0.39, 0.29) is 11.4 Å². The van der Waals surface area contributed by atoms with Gasteiger partial charge in [-0.2, -0.15) is 0 Å². The number of nitrogens with two attached hydrogens (primary N) is 1. The molecule has 1 heterocycles. The molecule has 0 aromatic carbocycles. The molecule has 0 saturated carbocycles. The molecule has 0 unspecified atom stereocenters. The van der Waals surface area contributed by atoms with Crippen LogP contribution < -0.4 is 5.73 Å². The Morgan fingerprint density at radius 2 is 2.00 bits per heavy atom. The van der Waals surface area contributed by atoms with Gasteiger partial charge in [0, 0.05) is 37.9 Å². The van der Waals surface area contributed by atoms with Crippen LogP contribution in [0, 0.1) is 0 Å². The molecule has 1 rings (SSSR count). The molecule has 17 heavy (non-hydrogen) atoms. The van der Waals surface area contributed by atoms with Gasteiger partial charge in [0.2, 0.25) is 5.91 Å². The highest BCUT2D eigenvalue weighted by molar-refractivity contribution is 5.75. The van der Waals surface area contributed by atoms with E-state index in [1.54, 1.807) is 17.3 Å². The van der Waals surface area contributed by atoms with E-state index in [9.17, 15) is 4.79 Å². The van der Waals surface area contributed by atoms with E-state index in [1.807, 2.05) is 33.0 Å². The molecule has 4 nitrogen and oxygen atoms in total. The van der Waals surface area contributed by atoms with Crippen LogP contribution in [-0.2, 0) is 11.3 Å². The molecule has 0 aliphatic carbocycles. The lowest BCUT2D eigenvalue weighted by Crippen LogP contribution is -2.34. The number of hydrogen-bond acceptors (Lipinski definition) is 3. The number of pyridine rings is 1. The van der Waals surface area contributed by atoms with E-state index < -0.39 is 0 Å². The number of amides is 1. The second kappa shape index (κ2) is 5.77. The minimum atomic E-state index is -0.285. The molecule has 0 saturated heterocycles. The van der Waals surface area contributed by atoms with E-state index in [0.717, 1.165) is 5.56 Å². The van der Waals surface area contributed by atoms with E-state index in [0.29, 0.717) is 19.4 Å². The molecule has 0 fully saturated rings. The van der Waals surface area contributed by atoms with Crippen molar-refractivity contribution in [2.24, 2.45) is 5.73 Å². The van der Waals surface area contributed by atoms with Crippen LogP contribution in [0.2, 0.25) is 0 Å². The second-order valence-corrected chi connectivity index (χ2v) is 5.09. The van der Waals surface area contributed by atoms with Crippen molar-refractivity contribution in [2.45, 2.75) is 38.8 Å². The van der Waals surface area contributed by atoms with Gasteiger partial charge in [0.15, 0.2) is 0 Å². The van der Waals surface area contributed by atoms with Crippen LogP contribution >= 0.6 is 0 Å². The van der Waals surface area contributed by atoms with Gasteiger partial charge < -0.3 is 10.6 Å². The SMILES string of the molecule is CN(Cc1ccncc1)C(=O)CCC(C)(C)N. The molecule has 2 N–H and O–H groups in total. The standard InChI is InChI=1S/C13H21N3O/c1-13(2,14)7-4-12(17)16(3)10-11-5-8-15-9-6-11/h5-6,8-9H,4,7,10,14H2,1-3H3. The van der Waals surface area contributed by atoms with E-state index in [2.05, 4.69) is 4.98 Å². The maximum atomic E-state index is 11.8. The number of hydrogen-bond donors (Lipinski definition) is 1. The molecule has 0 aliphatic rings. The number of aromatic nitrogens is 1. The van der Waals surface area contributed by atoms with Gasteiger partial charge >= 0.3 is 0 Å². The maximum Gasteiger partial charge on any atom is 0.222 e. The molecule has 1 amide bonds. The van der Waals surface area contributed by atoms with Crippen LogP contribution in [0.5, 0.6) is 0 Å². The zero-order chi connectivity index (χ0) is 12.9. The van der Waals surface area contributed by atoms with Gasteiger partial charge in [-0.05, 0) is 38.0 Å². The van der Waals surface area contributed by atoms with E-state index >= 15 is 0 Å². The smallest absolute Gasteiger partial charge is 0.222 e. The quantitative estimate of drug-likeness (QED) is 0.842. The van der Waals surface area contributed by atoms with Crippen molar-refractivity contribution in [3.63, 3.8) is 0 Å². The van der Waals surface area contributed by atoms with Crippen LogP contribution in [0.4, 0.5) is 0 Å². The molecule has 0 aliphatic heterocycles. The lowest BCUT2D eigenvalue weighted by molar-refractivity contribution is -0.130. The second-order valence-electron chi connectivity index (χ2n) is 5.09. The minimum absolute atomic E-state index is 0.125. The lowest BCUT2D eigenvalue weighted by atomic mass is 10.00. The molecular weight excluding hydrogens is 214 g/mol. The van der Waals surface area contributed by atoms with Crippen molar-refractivity contribution in [1.82, 2.24) is 9.88 Å². The fourth-order valence-corrected chi connectivity index (χ4v) is 1.47. The Balaban J connectivity index is 2.43. The van der Waals surface area contributed by atoms with Crippen molar-refractivity contribution in [3.05, 3.63) is 30.1 Å². The van der Waals surface area contributed by atoms with Crippen LogP contribution in [0.25, 0.3) is 0 Å². The first kappa shape index (κ1) is 13.6. The highest BCUT2D eigenvalue weighted by Gasteiger charge is 2.15. The molecule has 1 aromatic heterocycles. The topological polar surface area (TPSA) is 59.2 Å². The fraction of sp³-hybridized carbons (Fsp3) is 0.538. The molecule has 0 spiro atoms. The highest BCUT2D eigenvalue weighted by atomic mass is 16.2. The summed E-state index contributed by atoms with van der Waals surface area (Å²) in [5.41, 5.74) is 6.66. The van der Waals surface area contributed by atoms with Crippen LogP contribution in [0.1, 0.15) is 32.3 Å². The van der Waals surface area contributed by atoms with Crippen LogP contribution in [0.3, 0.4) is 0 Å². The number of nitrogens with zero attached hydrogens (tertiary/aromatic N) is 2. The Labute approximate surface area is 103 Å². The monoisotopic (exact) mass is 235 g/mol. The van der Waals surface area contributed by atoms with Crippen molar-refractivity contribution >= 4 is 5.91 Å². The van der Waals surface area contributed by atoms with Gasteiger partial charge in [-0.15, -0.1) is 0 Å². The Morgan fingerprint density at radius 3 is 2.53 bits per heavy atom. The Kier molecular flexibility index (Phi) is 4.63. The summed E-state index contributed by atoms with van der Waals surface area (Å²) in [5.74, 6) is 0.125. The van der Waals surface area contributed by atoms with Gasteiger partial charge in [0.05, 0.1) is 0 Å². The highest BCUT2D eigenvalue weighted by Crippen LogP contribution is 2.10. The van der Waals surface area contributed by atoms with Crippen LogP contribution in [-0.4, -0.2) is 28.4 Å². The summed E-state index contributed by atoms with van der Waals surface area (Å²) in [4.78, 5) is 17.5. The van der Waals surface area contributed by atoms with E-state index in [1.165, 1.54) is 0 Å². The summed E-state index contributed by atoms with van der Waals surface area (Å²) in [5, 5.41) is 0. The number of rotatable bonds is 5. The molecule has 1 aromatic rings. The molecule has 0 atom stereocenters. The zero-order valence-electron chi connectivity index (χ0n) is 10.8. The first-order chi connectivity index (χ1) is 7.88. The predicted molar refractivity (Wildman–Crippen MR) is 68.2 cm³/mol. The van der Waals surface area contributed by atoms with Gasteiger partial charge in [0.1, 0.15) is 0 Å². The summed E-state index contributed by atoms with van der Waals surface area (Å²) in [6.07, 6.45) is 4.66. The number of carbonyl (C=O) groups is 1. The third-order valence-corrected chi connectivity index (χ3v) is 2.58. The summed E-state index contributed by atoms with van der Waals surface area (Å²) >= 11 is 0. The Hall–Kier alpha value is -1.42. The average Bonchev–Trinajstić information content (AvgIpc) is 2.26. The minimum Gasteiger partial charge on any atom is -0.341 e. The summed E-state index contributed by atoms with van der Waals surface area (Å²) in [7, 11) is 1.81. The normalized spacial score (nSPS) is 11.3. The van der Waals surface area contributed by atoms with Gasteiger partial charge in [-0.25, -0.2) is 0 Å². The third kappa shape index (κ3) is 5.45. The Bertz CT molecular complexity index is 357. The zero-order valence-corrected chi connectivity index (χ0v) is 10.8. The van der Waals surface area contributed by atoms with E-state index in [4.69, 9.17) is 5.73 Å². The molecular formula is C13H21N3O. The third-order valence-electron chi connectivity index (χ3n) is 2.58. The van der Waals surface area contributed by atoms with Crippen LogP contribution in [0.15, 0.2) is 24.5 Å². The molecule has 4 heteroatoms. The fourth-order valence-electron chi connectivity index (χ4n) is 1.47. The van der Waals surface area contributed by atoms with Crippen molar-refractivity contribution in [3.8, 4) is 0 Å².